The van der Waals surface area contributed by atoms with Gasteiger partial charge in [0, 0.05) is 6.61 Å². The molecule has 0 aromatic rings. The van der Waals surface area contributed by atoms with Gasteiger partial charge in [-0.3, -0.25) is 0 Å². The summed E-state index contributed by atoms with van der Waals surface area (Å²) in [5.41, 5.74) is 0. The maximum absolute atomic E-state index is 12.4. The minimum atomic E-state index is -0.787. The molecular formula is C8H16FO. The van der Waals surface area contributed by atoms with Crippen LogP contribution in [0.1, 0.15) is 26.2 Å². The van der Waals surface area contributed by atoms with E-state index in [0.717, 1.165) is 12.8 Å². The second-order valence-corrected chi connectivity index (χ2v) is 2.29. The molecule has 1 radical (unpaired) electrons. The number of halogens is 1. The van der Waals surface area contributed by atoms with Gasteiger partial charge >= 0.3 is 0 Å². The van der Waals surface area contributed by atoms with Gasteiger partial charge in [-0.1, -0.05) is 20.3 Å². The lowest BCUT2D eigenvalue weighted by atomic mass is 10.3. The molecule has 0 saturated heterocycles. The van der Waals surface area contributed by atoms with Gasteiger partial charge < -0.3 is 4.74 Å². The van der Waals surface area contributed by atoms with E-state index < -0.39 is 6.17 Å². The van der Waals surface area contributed by atoms with E-state index in [2.05, 4.69) is 6.92 Å². The van der Waals surface area contributed by atoms with Gasteiger partial charge in [0.2, 0.25) is 0 Å². The molecule has 0 rings (SSSR count). The predicted molar refractivity (Wildman–Crippen MR) is 40.6 cm³/mol. The highest BCUT2D eigenvalue weighted by Gasteiger charge is 2.00. The van der Waals surface area contributed by atoms with Crippen molar-refractivity contribution in [2.45, 2.75) is 32.4 Å². The molecule has 0 aliphatic carbocycles. The Morgan fingerprint density at radius 2 is 2.30 bits per heavy atom. The SMILES string of the molecule is [CH2]CCCOCC(F)CC. The van der Waals surface area contributed by atoms with Crippen LogP contribution < -0.4 is 0 Å². The van der Waals surface area contributed by atoms with Gasteiger partial charge in [0.15, 0.2) is 0 Å². The minimum Gasteiger partial charge on any atom is -0.378 e. The maximum Gasteiger partial charge on any atom is 0.123 e. The van der Waals surface area contributed by atoms with Crippen LogP contribution in [-0.2, 0) is 4.74 Å². The van der Waals surface area contributed by atoms with Gasteiger partial charge in [-0.25, -0.2) is 4.39 Å². The fourth-order valence-corrected chi connectivity index (χ4v) is 0.533. The highest BCUT2D eigenvalue weighted by Crippen LogP contribution is 1.97. The van der Waals surface area contributed by atoms with Crippen LogP contribution in [-0.4, -0.2) is 19.4 Å². The number of rotatable bonds is 6. The van der Waals surface area contributed by atoms with E-state index in [1.807, 2.05) is 6.92 Å². The summed E-state index contributed by atoms with van der Waals surface area (Å²) < 4.78 is 17.4. The Morgan fingerprint density at radius 3 is 2.80 bits per heavy atom. The molecule has 0 aliphatic rings. The van der Waals surface area contributed by atoms with E-state index in [-0.39, 0.29) is 6.61 Å². The van der Waals surface area contributed by atoms with Crippen LogP contribution in [0.5, 0.6) is 0 Å². The quantitative estimate of drug-likeness (QED) is 0.524. The molecule has 10 heavy (non-hydrogen) atoms. The van der Waals surface area contributed by atoms with Crippen molar-refractivity contribution in [2.75, 3.05) is 13.2 Å². The van der Waals surface area contributed by atoms with Crippen LogP contribution in [0.4, 0.5) is 4.39 Å². The third-order valence-corrected chi connectivity index (χ3v) is 1.28. The van der Waals surface area contributed by atoms with Gasteiger partial charge in [-0.05, 0) is 12.8 Å². The van der Waals surface area contributed by atoms with E-state index >= 15 is 0 Å². The Bertz CT molecular complexity index is 66.3. The van der Waals surface area contributed by atoms with Crippen LogP contribution in [0.3, 0.4) is 0 Å². The molecule has 0 spiro atoms. The summed E-state index contributed by atoms with van der Waals surface area (Å²) in [6.45, 7) is 6.35. The largest absolute Gasteiger partial charge is 0.378 e. The Labute approximate surface area is 62.6 Å². The molecule has 0 heterocycles. The lowest BCUT2D eigenvalue weighted by molar-refractivity contribution is 0.0780. The van der Waals surface area contributed by atoms with Crippen LogP contribution in [0.15, 0.2) is 0 Å². The van der Waals surface area contributed by atoms with Gasteiger partial charge in [0.25, 0.3) is 0 Å². The van der Waals surface area contributed by atoms with Gasteiger partial charge in [0.1, 0.15) is 6.17 Å². The molecule has 1 nitrogen and oxygen atoms in total. The summed E-state index contributed by atoms with van der Waals surface area (Å²) >= 11 is 0. The summed E-state index contributed by atoms with van der Waals surface area (Å²) in [5, 5.41) is 0. The number of hydrogen-bond acceptors (Lipinski definition) is 1. The van der Waals surface area contributed by atoms with Gasteiger partial charge in [-0.15, -0.1) is 0 Å². The molecule has 0 aromatic heterocycles. The molecule has 0 N–H and O–H groups in total. The third-order valence-electron chi connectivity index (χ3n) is 1.28. The predicted octanol–water partition coefficient (Wildman–Crippen LogP) is 2.37. The Kier molecular flexibility index (Phi) is 6.93. The second kappa shape index (κ2) is 7.00. The molecule has 0 amide bonds. The summed E-state index contributed by atoms with van der Waals surface area (Å²) in [4.78, 5) is 0. The monoisotopic (exact) mass is 147 g/mol. The van der Waals surface area contributed by atoms with Crippen molar-refractivity contribution in [1.29, 1.82) is 0 Å². The van der Waals surface area contributed by atoms with Crippen molar-refractivity contribution in [1.82, 2.24) is 0 Å². The molecule has 2 heteroatoms. The van der Waals surface area contributed by atoms with Crippen molar-refractivity contribution in [3.8, 4) is 0 Å². The number of hydrogen-bond donors (Lipinski definition) is 0. The van der Waals surface area contributed by atoms with E-state index in [4.69, 9.17) is 4.74 Å². The zero-order valence-electron chi connectivity index (χ0n) is 6.61. The highest BCUT2D eigenvalue weighted by atomic mass is 19.1. The average Bonchev–Trinajstić information content (AvgIpc) is 1.98. The first-order chi connectivity index (χ1) is 4.81. The van der Waals surface area contributed by atoms with Crippen molar-refractivity contribution in [3.05, 3.63) is 6.92 Å². The first-order valence-corrected chi connectivity index (χ1v) is 3.82. The minimum absolute atomic E-state index is 0.247. The standard InChI is InChI=1S/C8H16FO/c1-3-5-6-10-7-8(9)4-2/h8H,1,3-7H2,2H3. The van der Waals surface area contributed by atoms with E-state index in [1.165, 1.54) is 0 Å². The first kappa shape index (κ1) is 9.89. The molecule has 1 atom stereocenters. The second-order valence-electron chi connectivity index (χ2n) is 2.29. The van der Waals surface area contributed by atoms with Crippen molar-refractivity contribution in [3.63, 3.8) is 0 Å². The van der Waals surface area contributed by atoms with E-state index in [0.29, 0.717) is 13.0 Å². The fourth-order valence-electron chi connectivity index (χ4n) is 0.533. The molecule has 0 aromatic carbocycles. The van der Waals surface area contributed by atoms with E-state index in [1.54, 1.807) is 0 Å². The molecule has 61 valence electrons. The van der Waals surface area contributed by atoms with Crippen molar-refractivity contribution < 1.29 is 9.13 Å². The number of ether oxygens (including phenoxy) is 1. The van der Waals surface area contributed by atoms with Crippen LogP contribution in [0.25, 0.3) is 0 Å². The van der Waals surface area contributed by atoms with Crippen molar-refractivity contribution in [2.24, 2.45) is 0 Å². The van der Waals surface area contributed by atoms with Crippen LogP contribution in [0, 0.1) is 6.92 Å². The van der Waals surface area contributed by atoms with Crippen LogP contribution >= 0.6 is 0 Å². The number of unbranched alkanes of at least 4 members (excludes halogenated alkanes) is 1. The van der Waals surface area contributed by atoms with Crippen LogP contribution in [0.2, 0.25) is 0 Å². The Balaban J connectivity index is 2.89. The lowest BCUT2D eigenvalue weighted by Gasteiger charge is -2.05. The summed E-state index contributed by atoms with van der Waals surface area (Å²) in [5.74, 6) is 0. The lowest BCUT2D eigenvalue weighted by Crippen LogP contribution is -2.09. The summed E-state index contributed by atoms with van der Waals surface area (Å²) in [6.07, 6.45) is 1.55. The van der Waals surface area contributed by atoms with Gasteiger partial charge in [-0.2, -0.15) is 0 Å². The average molecular weight is 147 g/mol. The first-order valence-electron chi connectivity index (χ1n) is 3.82. The highest BCUT2D eigenvalue weighted by molar-refractivity contribution is 4.49. The molecule has 0 saturated carbocycles. The smallest absolute Gasteiger partial charge is 0.123 e. The Hall–Kier alpha value is -0.110. The molecule has 0 fully saturated rings. The maximum atomic E-state index is 12.4. The van der Waals surface area contributed by atoms with E-state index in [9.17, 15) is 4.39 Å². The zero-order valence-corrected chi connectivity index (χ0v) is 6.61. The molecule has 0 bridgehead atoms. The summed E-state index contributed by atoms with van der Waals surface area (Å²) in [7, 11) is 0. The number of alkyl halides is 1. The normalized spacial score (nSPS) is 13.5. The molecule has 1 unspecified atom stereocenters. The van der Waals surface area contributed by atoms with Gasteiger partial charge in [0.05, 0.1) is 6.61 Å². The molecular weight excluding hydrogens is 131 g/mol. The van der Waals surface area contributed by atoms with Crippen molar-refractivity contribution >= 4 is 0 Å². The third kappa shape index (κ3) is 6.02. The zero-order chi connectivity index (χ0) is 7.82. The molecule has 0 aliphatic heterocycles. The topological polar surface area (TPSA) is 9.23 Å². The fraction of sp³-hybridized carbons (Fsp3) is 0.875. The Morgan fingerprint density at radius 1 is 1.60 bits per heavy atom. The summed E-state index contributed by atoms with van der Waals surface area (Å²) in [6, 6.07) is 0.